The second-order valence-electron chi connectivity index (χ2n) is 3.86. The number of hydrogen-bond acceptors (Lipinski definition) is 3. The summed E-state index contributed by atoms with van der Waals surface area (Å²) < 4.78 is 19.4. The molecular weight excluding hydrogens is 251 g/mol. The fourth-order valence-corrected chi connectivity index (χ4v) is 1.42. The van der Waals surface area contributed by atoms with Gasteiger partial charge in [0.2, 0.25) is 5.82 Å². The van der Waals surface area contributed by atoms with Crippen molar-refractivity contribution in [2.75, 3.05) is 6.61 Å². The number of rotatable bonds is 7. The number of nitrogens with one attached hydrogen (secondary N) is 1. The van der Waals surface area contributed by atoms with Crippen LogP contribution in [0.3, 0.4) is 0 Å². The van der Waals surface area contributed by atoms with E-state index in [1.165, 1.54) is 6.08 Å². The zero-order valence-electron chi connectivity index (χ0n) is 10.8. The molecule has 104 valence electrons. The predicted molar refractivity (Wildman–Crippen MR) is 70.5 cm³/mol. The summed E-state index contributed by atoms with van der Waals surface area (Å²) in [6.45, 7) is 5.85. The van der Waals surface area contributed by atoms with Crippen LogP contribution in [0.4, 0.5) is 4.39 Å². The van der Waals surface area contributed by atoms with Crippen LogP contribution in [-0.2, 0) is 4.74 Å². The molecule has 0 fully saturated rings. The molecule has 0 unspecified atom stereocenters. The minimum Gasteiger partial charge on any atom is -0.350 e. The number of H-pyrrole nitrogens is 1. The first-order chi connectivity index (χ1) is 9.10. The van der Waals surface area contributed by atoms with Gasteiger partial charge in [0, 0.05) is 0 Å². The number of halogens is 1. The quantitative estimate of drug-likeness (QED) is 0.766. The Balaban J connectivity index is 2.80. The molecule has 0 amide bonds. The molecule has 19 heavy (non-hydrogen) atoms. The van der Waals surface area contributed by atoms with Crippen molar-refractivity contribution in [3.05, 3.63) is 57.7 Å². The van der Waals surface area contributed by atoms with Crippen LogP contribution in [0.1, 0.15) is 26.0 Å². The molecule has 1 aromatic heterocycles. The average Bonchev–Trinajstić information content (AvgIpc) is 2.39. The minimum atomic E-state index is -1.05. The lowest BCUT2D eigenvalue weighted by molar-refractivity contribution is 0.0532. The number of ether oxygens (including phenoxy) is 1. The van der Waals surface area contributed by atoms with Crippen LogP contribution in [0, 0.1) is 5.82 Å². The summed E-state index contributed by atoms with van der Waals surface area (Å²) in [5.74, 6) is -1.04. The second-order valence-corrected chi connectivity index (χ2v) is 3.86. The van der Waals surface area contributed by atoms with Crippen molar-refractivity contribution in [3.8, 4) is 0 Å². The van der Waals surface area contributed by atoms with Gasteiger partial charge < -0.3 is 4.74 Å². The average molecular weight is 268 g/mol. The standard InChI is InChI=1S/C13H17FN2O3/c1-3-5-6-7-8-19-11(4-2)16-9-10(14)12(17)15-13(16)18/h4,6-7,9,11H,2-3,5,8H2,1H3,(H,15,17,18)/b7-6+/t11-/m0/s1. The van der Waals surface area contributed by atoms with Crippen LogP contribution in [-0.4, -0.2) is 16.2 Å². The number of nitrogens with zero attached hydrogens (tertiary/aromatic N) is 1. The molecule has 1 atom stereocenters. The third kappa shape index (κ3) is 4.33. The smallest absolute Gasteiger partial charge is 0.330 e. The summed E-state index contributed by atoms with van der Waals surface area (Å²) >= 11 is 0. The SMILES string of the molecule is C=C[C@H](OC/C=C/CCC)n1cc(F)c(=O)[nH]c1=O. The van der Waals surface area contributed by atoms with E-state index < -0.39 is 23.3 Å². The van der Waals surface area contributed by atoms with E-state index in [-0.39, 0.29) is 6.61 Å². The van der Waals surface area contributed by atoms with Gasteiger partial charge >= 0.3 is 5.69 Å². The fraction of sp³-hybridized carbons (Fsp3) is 0.385. The van der Waals surface area contributed by atoms with Crippen LogP contribution in [0.2, 0.25) is 0 Å². The van der Waals surface area contributed by atoms with Crippen LogP contribution in [0.15, 0.2) is 40.6 Å². The van der Waals surface area contributed by atoms with Gasteiger partial charge in [0.1, 0.15) is 0 Å². The van der Waals surface area contributed by atoms with Crippen molar-refractivity contribution in [2.24, 2.45) is 0 Å². The third-order valence-electron chi connectivity index (χ3n) is 2.39. The van der Waals surface area contributed by atoms with Gasteiger partial charge in [0.25, 0.3) is 5.56 Å². The van der Waals surface area contributed by atoms with Gasteiger partial charge in [0.15, 0.2) is 6.23 Å². The van der Waals surface area contributed by atoms with E-state index in [1.54, 1.807) is 0 Å². The van der Waals surface area contributed by atoms with E-state index in [0.29, 0.717) is 0 Å². The number of hydrogen-bond donors (Lipinski definition) is 1. The van der Waals surface area contributed by atoms with Crippen LogP contribution < -0.4 is 11.2 Å². The van der Waals surface area contributed by atoms with E-state index in [2.05, 4.69) is 13.5 Å². The number of aromatic nitrogens is 2. The highest BCUT2D eigenvalue weighted by atomic mass is 19.1. The maximum Gasteiger partial charge on any atom is 0.330 e. The van der Waals surface area contributed by atoms with Gasteiger partial charge in [-0.2, -0.15) is 4.39 Å². The number of unbranched alkanes of at least 4 members (excludes halogenated alkanes) is 1. The molecule has 0 spiro atoms. The lowest BCUT2D eigenvalue weighted by atomic mass is 10.3. The van der Waals surface area contributed by atoms with E-state index >= 15 is 0 Å². The van der Waals surface area contributed by atoms with E-state index in [0.717, 1.165) is 23.6 Å². The number of allylic oxidation sites excluding steroid dienone is 1. The summed E-state index contributed by atoms with van der Waals surface area (Å²) in [6, 6.07) is 0. The van der Waals surface area contributed by atoms with Gasteiger partial charge in [-0.05, 0) is 12.5 Å². The summed E-state index contributed by atoms with van der Waals surface area (Å²) in [6.07, 6.45) is 7.08. The van der Waals surface area contributed by atoms with E-state index in [1.807, 2.05) is 17.1 Å². The predicted octanol–water partition coefficient (Wildman–Crippen LogP) is 1.73. The second kappa shape index (κ2) is 7.48. The largest absolute Gasteiger partial charge is 0.350 e. The van der Waals surface area contributed by atoms with Crippen LogP contribution in [0.5, 0.6) is 0 Å². The Hall–Kier alpha value is -1.95. The van der Waals surface area contributed by atoms with E-state index in [4.69, 9.17) is 4.74 Å². The van der Waals surface area contributed by atoms with Crippen molar-refractivity contribution >= 4 is 0 Å². The molecule has 6 heteroatoms. The van der Waals surface area contributed by atoms with E-state index in [9.17, 15) is 14.0 Å². The zero-order chi connectivity index (χ0) is 14.3. The first-order valence-corrected chi connectivity index (χ1v) is 6.00. The van der Waals surface area contributed by atoms with Crippen molar-refractivity contribution < 1.29 is 9.13 Å². The van der Waals surface area contributed by atoms with Gasteiger partial charge in [-0.1, -0.05) is 32.1 Å². The van der Waals surface area contributed by atoms with Crippen LogP contribution in [0.25, 0.3) is 0 Å². The Labute approximate surface area is 110 Å². The number of aromatic amines is 1. The van der Waals surface area contributed by atoms with Crippen molar-refractivity contribution in [2.45, 2.75) is 26.0 Å². The molecule has 0 radical (unpaired) electrons. The summed E-state index contributed by atoms with van der Waals surface area (Å²) in [5, 5.41) is 0. The first kappa shape index (κ1) is 15.1. The first-order valence-electron chi connectivity index (χ1n) is 6.00. The van der Waals surface area contributed by atoms with Crippen molar-refractivity contribution in [1.82, 2.24) is 9.55 Å². The Kier molecular flexibility index (Phi) is 5.95. The van der Waals surface area contributed by atoms with Gasteiger partial charge in [-0.25, -0.2) is 4.79 Å². The molecule has 0 aliphatic heterocycles. The lowest BCUT2D eigenvalue weighted by Crippen LogP contribution is -2.34. The molecular formula is C13H17FN2O3. The highest BCUT2D eigenvalue weighted by molar-refractivity contribution is 4.92. The fourth-order valence-electron chi connectivity index (χ4n) is 1.42. The molecule has 0 bridgehead atoms. The maximum atomic E-state index is 13.1. The van der Waals surface area contributed by atoms with Gasteiger partial charge in [0.05, 0.1) is 12.8 Å². The molecule has 5 nitrogen and oxygen atoms in total. The van der Waals surface area contributed by atoms with Crippen LogP contribution >= 0.6 is 0 Å². The lowest BCUT2D eigenvalue weighted by Gasteiger charge is -2.15. The molecule has 1 rings (SSSR count). The monoisotopic (exact) mass is 268 g/mol. The highest BCUT2D eigenvalue weighted by Crippen LogP contribution is 2.06. The molecule has 0 aliphatic carbocycles. The molecule has 0 aliphatic rings. The summed E-state index contributed by atoms with van der Waals surface area (Å²) in [7, 11) is 0. The highest BCUT2D eigenvalue weighted by Gasteiger charge is 2.11. The summed E-state index contributed by atoms with van der Waals surface area (Å²) in [4.78, 5) is 24.3. The summed E-state index contributed by atoms with van der Waals surface area (Å²) in [5.41, 5.74) is -1.79. The molecule has 1 heterocycles. The third-order valence-corrected chi connectivity index (χ3v) is 2.39. The Morgan fingerprint density at radius 2 is 2.26 bits per heavy atom. The topological polar surface area (TPSA) is 64.1 Å². The Morgan fingerprint density at radius 1 is 1.53 bits per heavy atom. The van der Waals surface area contributed by atoms with Crippen molar-refractivity contribution in [1.29, 1.82) is 0 Å². The van der Waals surface area contributed by atoms with Gasteiger partial charge in [-0.3, -0.25) is 14.3 Å². The maximum absolute atomic E-state index is 13.1. The normalized spacial score (nSPS) is 12.7. The molecule has 1 N–H and O–H groups in total. The zero-order valence-corrected chi connectivity index (χ0v) is 10.8. The minimum absolute atomic E-state index is 0.268. The van der Waals surface area contributed by atoms with Crippen molar-refractivity contribution in [3.63, 3.8) is 0 Å². The molecule has 0 saturated heterocycles. The Bertz CT molecular complexity index is 560. The molecule has 1 aromatic rings. The van der Waals surface area contributed by atoms with Gasteiger partial charge in [-0.15, -0.1) is 0 Å². The molecule has 0 saturated carbocycles. The molecule has 0 aromatic carbocycles. The Morgan fingerprint density at radius 3 is 2.89 bits per heavy atom.